The van der Waals surface area contributed by atoms with Gasteiger partial charge in [0, 0.05) is 32.7 Å². The number of nitrogens with zero attached hydrogens (tertiary/aromatic N) is 1. The SMILES string of the molecule is N=C(/N=C(\N)c1cccc2oc3cc(-c4ccc5c(c4)oc4ccc6ccccc6c45)ccc3c12)c1ccc(-c2ccccc2)cc1. The molecule has 5 nitrogen and oxygen atoms in total. The first kappa shape index (κ1) is 26.9. The van der Waals surface area contributed by atoms with Crippen molar-refractivity contribution in [2.45, 2.75) is 0 Å². The highest BCUT2D eigenvalue weighted by molar-refractivity contribution is 6.21. The minimum atomic E-state index is 0.100. The Bertz CT molecular complexity index is 2700. The highest BCUT2D eigenvalue weighted by Crippen LogP contribution is 2.38. The normalized spacial score (nSPS) is 12.1. The standard InChI is InChI=1S/C42H27N3O2/c43-41(28-15-13-26(14-16-28)25-7-2-1-3-8-25)45-42(44)34-11-6-12-35-40(34)33-21-18-30(24-38(33)46-35)29-17-20-32-37(23-29)47-36-22-19-27-9-4-5-10-31(27)39(32)36/h1-24H,(H3,43,44,45). The zero-order valence-corrected chi connectivity index (χ0v) is 25.2. The first-order valence-electron chi connectivity index (χ1n) is 15.5. The second-order valence-corrected chi connectivity index (χ2v) is 11.8. The molecule has 0 atom stereocenters. The summed E-state index contributed by atoms with van der Waals surface area (Å²) in [5, 5.41) is 15.1. The van der Waals surface area contributed by atoms with Crippen LogP contribution in [-0.2, 0) is 0 Å². The summed E-state index contributed by atoms with van der Waals surface area (Å²) in [6.07, 6.45) is 0. The highest BCUT2D eigenvalue weighted by atomic mass is 16.3. The Kier molecular flexibility index (Phi) is 6.05. The van der Waals surface area contributed by atoms with E-state index < -0.39 is 0 Å². The van der Waals surface area contributed by atoms with Crippen LogP contribution in [0.3, 0.4) is 0 Å². The van der Waals surface area contributed by atoms with Gasteiger partial charge in [0.15, 0.2) is 5.84 Å². The molecular weight excluding hydrogens is 578 g/mol. The molecule has 0 saturated carbocycles. The van der Waals surface area contributed by atoms with E-state index in [4.69, 9.17) is 20.0 Å². The quantitative estimate of drug-likeness (QED) is 0.154. The number of nitrogens with two attached hydrogens (primary N) is 1. The molecule has 3 N–H and O–H groups in total. The summed E-state index contributed by atoms with van der Waals surface area (Å²) >= 11 is 0. The van der Waals surface area contributed by atoms with Crippen LogP contribution in [0, 0.1) is 5.41 Å². The average molecular weight is 606 g/mol. The van der Waals surface area contributed by atoms with Crippen molar-refractivity contribution in [2.75, 3.05) is 0 Å². The number of amidine groups is 2. The molecule has 2 aromatic heterocycles. The van der Waals surface area contributed by atoms with E-state index >= 15 is 0 Å². The molecule has 0 aliphatic rings. The number of rotatable bonds is 4. The fourth-order valence-corrected chi connectivity index (χ4v) is 6.64. The van der Waals surface area contributed by atoms with Gasteiger partial charge in [0.25, 0.3) is 0 Å². The predicted octanol–water partition coefficient (Wildman–Crippen LogP) is 10.7. The molecule has 0 radical (unpaired) electrons. The summed E-state index contributed by atoms with van der Waals surface area (Å²) in [5.74, 6) is 0.366. The molecule has 5 heteroatoms. The number of hydrogen-bond acceptors (Lipinski definition) is 3. The fraction of sp³-hybridized carbons (Fsp3) is 0. The maximum Gasteiger partial charge on any atom is 0.154 e. The van der Waals surface area contributed by atoms with Crippen molar-refractivity contribution >= 4 is 66.3 Å². The van der Waals surface area contributed by atoms with Crippen LogP contribution < -0.4 is 5.73 Å². The zero-order valence-electron chi connectivity index (χ0n) is 25.2. The highest BCUT2D eigenvalue weighted by Gasteiger charge is 2.16. The van der Waals surface area contributed by atoms with Crippen LogP contribution in [0.15, 0.2) is 159 Å². The maximum atomic E-state index is 8.68. The summed E-state index contributed by atoms with van der Waals surface area (Å²) in [7, 11) is 0. The molecule has 9 aromatic rings. The van der Waals surface area contributed by atoms with Crippen molar-refractivity contribution in [2.24, 2.45) is 10.7 Å². The van der Waals surface area contributed by atoms with E-state index in [-0.39, 0.29) is 11.7 Å². The lowest BCUT2D eigenvalue weighted by molar-refractivity contribution is 0.668. The number of hydrogen-bond donors (Lipinski definition) is 2. The molecule has 7 aromatic carbocycles. The van der Waals surface area contributed by atoms with Gasteiger partial charge in [-0.1, -0.05) is 109 Å². The Balaban J connectivity index is 1.07. The second-order valence-electron chi connectivity index (χ2n) is 11.8. The lowest BCUT2D eigenvalue weighted by Crippen LogP contribution is -2.16. The van der Waals surface area contributed by atoms with E-state index in [0.717, 1.165) is 66.1 Å². The molecule has 9 rings (SSSR count). The average Bonchev–Trinajstić information content (AvgIpc) is 3.69. The summed E-state index contributed by atoms with van der Waals surface area (Å²) in [6.45, 7) is 0. The summed E-state index contributed by atoms with van der Waals surface area (Å²) < 4.78 is 12.7. The third-order valence-corrected chi connectivity index (χ3v) is 8.97. The van der Waals surface area contributed by atoms with Gasteiger partial charge in [-0.15, -0.1) is 0 Å². The van der Waals surface area contributed by atoms with Crippen molar-refractivity contribution in [1.29, 1.82) is 5.41 Å². The van der Waals surface area contributed by atoms with E-state index in [1.807, 2.05) is 66.7 Å². The van der Waals surface area contributed by atoms with Gasteiger partial charge in [-0.2, -0.15) is 0 Å². The summed E-state index contributed by atoms with van der Waals surface area (Å²) in [5.41, 5.74) is 15.5. The number of nitrogens with one attached hydrogen (secondary N) is 1. The van der Waals surface area contributed by atoms with Crippen LogP contribution in [0.1, 0.15) is 11.1 Å². The van der Waals surface area contributed by atoms with Gasteiger partial charge in [-0.05, 0) is 69.4 Å². The van der Waals surface area contributed by atoms with Gasteiger partial charge >= 0.3 is 0 Å². The van der Waals surface area contributed by atoms with E-state index in [9.17, 15) is 0 Å². The van der Waals surface area contributed by atoms with Gasteiger partial charge in [0.1, 0.15) is 28.2 Å². The first-order chi connectivity index (χ1) is 23.1. The largest absolute Gasteiger partial charge is 0.456 e. The molecule has 0 aliphatic heterocycles. The van der Waals surface area contributed by atoms with Crippen LogP contribution in [-0.4, -0.2) is 11.7 Å². The lowest BCUT2D eigenvalue weighted by atomic mass is 9.99. The van der Waals surface area contributed by atoms with Crippen LogP contribution in [0.4, 0.5) is 0 Å². The number of aliphatic imine (C=N–C) groups is 1. The van der Waals surface area contributed by atoms with E-state index in [2.05, 4.69) is 83.9 Å². The van der Waals surface area contributed by atoms with Crippen LogP contribution in [0.5, 0.6) is 0 Å². The molecule has 0 spiro atoms. The van der Waals surface area contributed by atoms with Gasteiger partial charge in [-0.3, -0.25) is 5.41 Å². The molecule has 47 heavy (non-hydrogen) atoms. The van der Waals surface area contributed by atoms with Crippen LogP contribution >= 0.6 is 0 Å². The van der Waals surface area contributed by atoms with Crippen molar-refractivity contribution < 1.29 is 8.83 Å². The minimum Gasteiger partial charge on any atom is -0.456 e. The van der Waals surface area contributed by atoms with Crippen LogP contribution in [0.25, 0.3) is 76.9 Å². The van der Waals surface area contributed by atoms with Gasteiger partial charge in [0.05, 0.1) is 0 Å². The third kappa shape index (κ3) is 4.48. The molecule has 0 unspecified atom stereocenters. The Morgan fingerprint density at radius 3 is 1.85 bits per heavy atom. The van der Waals surface area contributed by atoms with E-state index in [1.165, 1.54) is 10.8 Å². The van der Waals surface area contributed by atoms with Crippen molar-refractivity contribution in [3.05, 3.63) is 157 Å². The Hall–Kier alpha value is -6.46. The zero-order chi connectivity index (χ0) is 31.5. The number of fused-ring (bicyclic) bond motifs is 8. The Morgan fingerprint density at radius 1 is 0.489 bits per heavy atom. The van der Waals surface area contributed by atoms with Crippen molar-refractivity contribution in [1.82, 2.24) is 0 Å². The van der Waals surface area contributed by atoms with Gasteiger partial charge < -0.3 is 14.6 Å². The fourth-order valence-electron chi connectivity index (χ4n) is 6.64. The monoisotopic (exact) mass is 605 g/mol. The van der Waals surface area contributed by atoms with Gasteiger partial charge in [0.2, 0.25) is 0 Å². The third-order valence-electron chi connectivity index (χ3n) is 8.97. The summed E-state index contributed by atoms with van der Waals surface area (Å²) in [6, 6.07) is 48.9. The molecule has 2 heterocycles. The number of benzene rings is 7. The van der Waals surface area contributed by atoms with Gasteiger partial charge in [-0.25, -0.2) is 4.99 Å². The maximum absolute atomic E-state index is 8.68. The topological polar surface area (TPSA) is 88.5 Å². The van der Waals surface area contributed by atoms with E-state index in [1.54, 1.807) is 0 Å². The summed E-state index contributed by atoms with van der Waals surface area (Å²) in [4.78, 5) is 4.51. The lowest BCUT2D eigenvalue weighted by Gasteiger charge is -2.06. The molecule has 0 amide bonds. The Morgan fingerprint density at radius 2 is 1.11 bits per heavy atom. The Labute approximate surface area is 269 Å². The first-order valence-corrected chi connectivity index (χ1v) is 15.5. The molecule has 0 aliphatic carbocycles. The molecule has 222 valence electrons. The smallest absolute Gasteiger partial charge is 0.154 e. The molecule has 0 saturated heterocycles. The van der Waals surface area contributed by atoms with Crippen molar-refractivity contribution in [3.63, 3.8) is 0 Å². The molecular formula is C42H27N3O2. The minimum absolute atomic E-state index is 0.100. The molecule has 0 fully saturated rings. The van der Waals surface area contributed by atoms with Crippen molar-refractivity contribution in [3.8, 4) is 22.3 Å². The van der Waals surface area contributed by atoms with Crippen LogP contribution in [0.2, 0.25) is 0 Å². The van der Waals surface area contributed by atoms with E-state index in [0.29, 0.717) is 11.1 Å². The predicted molar refractivity (Wildman–Crippen MR) is 193 cm³/mol. The second kappa shape index (κ2) is 10.6. The molecule has 0 bridgehead atoms. The number of furan rings is 2.